The van der Waals surface area contributed by atoms with Gasteiger partial charge < -0.3 is 4.42 Å². The summed E-state index contributed by atoms with van der Waals surface area (Å²) < 4.78 is 5.15. The van der Waals surface area contributed by atoms with Gasteiger partial charge in [-0.05, 0) is 24.0 Å². The second kappa shape index (κ2) is 4.22. The SMILES string of the molecule is CCCc1cocc1CCC. The number of hydrogen-bond donors (Lipinski definition) is 0. The van der Waals surface area contributed by atoms with Gasteiger partial charge in [0.1, 0.15) is 0 Å². The predicted molar refractivity (Wildman–Crippen MR) is 46.7 cm³/mol. The van der Waals surface area contributed by atoms with Crippen molar-refractivity contribution in [2.45, 2.75) is 39.5 Å². The maximum Gasteiger partial charge on any atom is 0.0937 e. The molecular weight excluding hydrogens is 136 g/mol. The lowest BCUT2D eigenvalue weighted by molar-refractivity contribution is 0.560. The van der Waals surface area contributed by atoms with Crippen LogP contribution in [0.1, 0.15) is 37.8 Å². The van der Waals surface area contributed by atoms with Crippen molar-refractivity contribution in [3.05, 3.63) is 23.7 Å². The molecule has 1 nitrogen and oxygen atoms in total. The molecule has 0 aliphatic heterocycles. The van der Waals surface area contributed by atoms with E-state index in [0.29, 0.717) is 0 Å². The van der Waals surface area contributed by atoms with Gasteiger partial charge >= 0.3 is 0 Å². The van der Waals surface area contributed by atoms with Gasteiger partial charge in [0.05, 0.1) is 12.5 Å². The molecule has 1 aromatic heterocycles. The molecule has 0 saturated carbocycles. The lowest BCUT2D eigenvalue weighted by atomic mass is 10.1. The normalized spacial score (nSPS) is 10.4. The Hall–Kier alpha value is -0.720. The third-order valence-corrected chi connectivity index (χ3v) is 1.87. The van der Waals surface area contributed by atoms with Crippen molar-refractivity contribution in [1.82, 2.24) is 0 Å². The quantitative estimate of drug-likeness (QED) is 0.645. The zero-order valence-corrected chi connectivity index (χ0v) is 7.39. The van der Waals surface area contributed by atoms with E-state index in [1.807, 2.05) is 12.5 Å². The average Bonchev–Trinajstić information content (AvgIpc) is 2.39. The molecule has 1 aromatic rings. The molecule has 1 heterocycles. The van der Waals surface area contributed by atoms with Gasteiger partial charge in [-0.3, -0.25) is 0 Å². The van der Waals surface area contributed by atoms with Crippen LogP contribution < -0.4 is 0 Å². The Labute approximate surface area is 68.4 Å². The van der Waals surface area contributed by atoms with Gasteiger partial charge in [0.15, 0.2) is 0 Å². The molecule has 1 rings (SSSR count). The summed E-state index contributed by atoms with van der Waals surface area (Å²) in [5.74, 6) is 0. The number of aryl methyl sites for hydroxylation is 2. The first-order valence-corrected chi connectivity index (χ1v) is 4.42. The van der Waals surface area contributed by atoms with Crippen LogP contribution in [0.3, 0.4) is 0 Å². The zero-order chi connectivity index (χ0) is 8.10. The van der Waals surface area contributed by atoms with Crippen molar-refractivity contribution in [1.29, 1.82) is 0 Å². The lowest BCUT2D eigenvalue weighted by Crippen LogP contribution is -1.87. The van der Waals surface area contributed by atoms with Gasteiger partial charge in [-0.2, -0.15) is 0 Å². The van der Waals surface area contributed by atoms with Gasteiger partial charge in [-0.25, -0.2) is 0 Å². The Morgan fingerprint density at radius 2 is 1.45 bits per heavy atom. The smallest absolute Gasteiger partial charge is 0.0937 e. The summed E-state index contributed by atoms with van der Waals surface area (Å²) in [5, 5.41) is 0. The minimum absolute atomic E-state index is 1.16. The van der Waals surface area contributed by atoms with Crippen molar-refractivity contribution in [2.24, 2.45) is 0 Å². The molecular formula is C10H16O. The van der Waals surface area contributed by atoms with Crippen LogP contribution in [-0.4, -0.2) is 0 Å². The van der Waals surface area contributed by atoms with Crippen LogP contribution in [0.25, 0.3) is 0 Å². The fraction of sp³-hybridized carbons (Fsp3) is 0.600. The van der Waals surface area contributed by atoms with E-state index in [-0.39, 0.29) is 0 Å². The van der Waals surface area contributed by atoms with Crippen LogP contribution in [0.4, 0.5) is 0 Å². The van der Waals surface area contributed by atoms with E-state index in [9.17, 15) is 0 Å². The molecule has 0 N–H and O–H groups in total. The average molecular weight is 152 g/mol. The predicted octanol–water partition coefficient (Wildman–Crippen LogP) is 3.18. The zero-order valence-electron chi connectivity index (χ0n) is 7.39. The summed E-state index contributed by atoms with van der Waals surface area (Å²) >= 11 is 0. The summed E-state index contributed by atoms with van der Waals surface area (Å²) in [7, 11) is 0. The van der Waals surface area contributed by atoms with Crippen LogP contribution in [0.15, 0.2) is 16.9 Å². The Kier molecular flexibility index (Phi) is 3.21. The van der Waals surface area contributed by atoms with Gasteiger partial charge in [0, 0.05) is 0 Å². The highest BCUT2D eigenvalue weighted by molar-refractivity contribution is 5.20. The van der Waals surface area contributed by atoms with Crippen LogP contribution in [0.2, 0.25) is 0 Å². The molecule has 0 aliphatic rings. The minimum Gasteiger partial charge on any atom is -0.472 e. The van der Waals surface area contributed by atoms with Crippen molar-refractivity contribution in [2.75, 3.05) is 0 Å². The summed E-state index contributed by atoms with van der Waals surface area (Å²) in [4.78, 5) is 0. The monoisotopic (exact) mass is 152 g/mol. The van der Waals surface area contributed by atoms with Crippen molar-refractivity contribution in [3.63, 3.8) is 0 Å². The lowest BCUT2D eigenvalue weighted by Gasteiger charge is -1.96. The highest BCUT2D eigenvalue weighted by atomic mass is 16.3. The van der Waals surface area contributed by atoms with E-state index in [1.54, 1.807) is 0 Å². The first kappa shape index (κ1) is 8.38. The first-order chi connectivity index (χ1) is 5.38. The Morgan fingerprint density at radius 1 is 1.00 bits per heavy atom. The number of rotatable bonds is 4. The molecule has 0 aromatic carbocycles. The van der Waals surface area contributed by atoms with E-state index >= 15 is 0 Å². The second-order valence-electron chi connectivity index (χ2n) is 2.92. The van der Waals surface area contributed by atoms with Crippen molar-refractivity contribution >= 4 is 0 Å². The largest absolute Gasteiger partial charge is 0.472 e. The molecule has 62 valence electrons. The van der Waals surface area contributed by atoms with Gasteiger partial charge in [0.25, 0.3) is 0 Å². The minimum atomic E-state index is 1.16. The van der Waals surface area contributed by atoms with Gasteiger partial charge in [0.2, 0.25) is 0 Å². The second-order valence-corrected chi connectivity index (χ2v) is 2.92. The molecule has 0 amide bonds. The van der Waals surface area contributed by atoms with Crippen LogP contribution in [0.5, 0.6) is 0 Å². The molecule has 0 spiro atoms. The number of hydrogen-bond acceptors (Lipinski definition) is 1. The van der Waals surface area contributed by atoms with Crippen LogP contribution in [-0.2, 0) is 12.8 Å². The summed E-state index contributed by atoms with van der Waals surface area (Å²) in [6, 6.07) is 0. The van der Waals surface area contributed by atoms with Crippen molar-refractivity contribution < 1.29 is 4.42 Å². The fourth-order valence-electron chi connectivity index (χ4n) is 1.33. The topological polar surface area (TPSA) is 13.1 Å². The molecule has 1 heteroatoms. The molecule has 0 bridgehead atoms. The van der Waals surface area contributed by atoms with E-state index in [4.69, 9.17) is 4.42 Å². The highest BCUT2D eigenvalue weighted by Crippen LogP contribution is 2.14. The fourth-order valence-corrected chi connectivity index (χ4v) is 1.33. The Morgan fingerprint density at radius 3 is 1.82 bits per heavy atom. The summed E-state index contributed by atoms with van der Waals surface area (Å²) in [6.07, 6.45) is 8.49. The van der Waals surface area contributed by atoms with E-state index in [1.165, 1.54) is 24.0 Å². The van der Waals surface area contributed by atoms with E-state index in [0.717, 1.165) is 12.8 Å². The van der Waals surface area contributed by atoms with E-state index in [2.05, 4.69) is 13.8 Å². The summed E-state index contributed by atoms with van der Waals surface area (Å²) in [6.45, 7) is 4.39. The highest BCUT2D eigenvalue weighted by Gasteiger charge is 2.01. The van der Waals surface area contributed by atoms with E-state index < -0.39 is 0 Å². The number of furan rings is 1. The molecule has 0 saturated heterocycles. The molecule has 0 radical (unpaired) electrons. The molecule has 11 heavy (non-hydrogen) atoms. The standard InChI is InChI=1S/C10H16O/c1-3-5-9-7-11-8-10(9)6-4-2/h7-8H,3-6H2,1-2H3. The van der Waals surface area contributed by atoms with Gasteiger partial charge in [-0.15, -0.1) is 0 Å². The molecule has 0 atom stereocenters. The van der Waals surface area contributed by atoms with Gasteiger partial charge in [-0.1, -0.05) is 26.7 Å². The van der Waals surface area contributed by atoms with Crippen LogP contribution >= 0.6 is 0 Å². The van der Waals surface area contributed by atoms with Crippen molar-refractivity contribution in [3.8, 4) is 0 Å². The first-order valence-electron chi connectivity index (χ1n) is 4.42. The Balaban J connectivity index is 2.62. The molecule has 0 aliphatic carbocycles. The molecule has 0 unspecified atom stereocenters. The third kappa shape index (κ3) is 2.11. The summed E-state index contributed by atoms with van der Waals surface area (Å²) in [5.41, 5.74) is 2.80. The Bertz CT molecular complexity index is 180. The molecule has 0 fully saturated rings. The maximum absolute atomic E-state index is 5.15. The van der Waals surface area contributed by atoms with Crippen LogP contribution in [0, 0.1) is 0 Å². The maximum atomic E-state index is 5.15. The third-order valence-electron chi connectivity index (χ3n) is 1.87.